The first kappa shape index (κ1) is 14.7. The van der Waals surface area contributed by atoms with Crippen LogP contribution in [0.25, 0.3) is 0 Å². The molecular weight excluding hydrogens is 270 g/mol. The Kier molecular flexibility index (Phi) is 5.04. The van der Waals surface area contributed by atoms with Gasteiger partial charge in [-0.25, -0.2) is 4.79 Å². The fraction of sp³-hybridized carbons (Fsp3) is 0.188. The van der Waals surface area contributed by atoms with Crippen LogP contribution < -0.4 is 14.8 Å². The minimum absolute atomic E-state index is 0.213. The number of benzene rings is 2. The van der Waals surface area contributed by atoms with Gasteiger partial charge in [-0.1, -0.05) is 30.3 Å². The van der Waals surface area contributed by atoms with Crippen LogP contribution >= 0.6 is 0 Å². The van der Waals surface area contributed by atoms with Gasteiger partial charge in [0.15, 0.2) is 0 Å². The van der Waals surface area contributed by atoms with Gasteiger partial charge in [0.2, 0.25) is 0 Å². The molecule has 0 radical (unpaired) electrons. The molecule has 2 aromatic carbocycles. The van der Waals surface area contributed by atoms with Crippen LogP contribution in [0.1, 0.15) is 5.56 Å². The fourth-order valence-electron chi connectivity index (χ4n) is 1.77. The highest BCUT2D eigenvalue weighted by atomic mass is 16.5. The second-order valence-electron chi connectivity index (χ2n) is 4.25. The molecule has 1 N–H and O–H groups in total. The van der Waals surface area contributed by atoms with E-state index in [4.69, 9.17) is 14.2 Å². The second kappa shape index (κ2) is 7.19. The van der Waals surface area contributed by atoms with Crippen LogP contribution in [-0.4, -0.2) is 20.3 Å². The summed E-state index contributed by atoms with van der Waals surface area (Å²) in [6.45, 7) is 0.213. The summed E-state index contributed by atoms with van der Waals surface area (Å²) in [5.74, 6) is 1.15. The van der Waals surface area contributed by atoms with E-state index in [-0.39, 0.29) is 6.61 Å². The molecule has 0 saturated heterocycles. The number of nitrogens with one attached hydrogen (secondary N) is 1. The Bertz CT molecular complexity index is 598. The van der Waals surface area contributed by atoms with E-state index in [1.54, 1.807) is 25.3 Å². The predicted molar refractivity (Wildman–Crippen MR) is 79.8 cm³/mol. The lowest BCUT2D eigenvalue weighted by molar-refractivity contribution is 0.155. The average Bonchev–Trinajstić information content (AvgIpc) is 2.54. The monoisotopic (exact) mass is 287 g/mol. The van der Waals surface area contributed by atoms with Crippen LogP contribution in [0.4, 0.5) is 10.5 Å². The van der Waals surface area contributed by atoms with Crippen LogP contribution in [0.2, 0.25) is 0 Å². The van der Waals surface area contributed by atoms with Crippen molar-refractivity contribution >= 4 is 11.8 Å². The smallest absolute Gasteiger partial charge is 0.412 e. The predicted octanol–water partition coefficient (Wildman–Crippen LogP) is 3.45. The molecule has 2 aromatic rings. The van der Waals surface area contributed by atoms with Gasteiger partial charge in [-0.2, -0.15) is 0 Å². The first-order valence-corrected chi connectivity index (χ1v) is 6.42. The molecule has 5 heteroatoms. The maximum Gasteiger partial charge on any atom is 0.412 e. The molecule has 0 fully saturated rings. The van der Waals surface area contributed by atoms with Crippen molar-refractivity contribution in [3.63, 3.8) is 0 Å². The van der Waals surface area contributed by atoms with Gasteiger partial charge < -0.3 is 14.2 Å². The summed E-state index contributed by atoms with van der Waals surface area (Å²) in [6, 6.07) is 14.6. The van der Waals surface area contributed by atoms with E-state index in [9.17, 15) is 4.79 Å². The molecule has 5 nitrogen and oxygen atoms in total. The Morgan fingerprint density at radius 2 is 1.81 bits per heavy atom. The van der Waals surface area contributed by atoms with Crippen LogP contribution in [0.3, 0.4) is 0 Å². The number of anilines is 1. The van der Waals surface area contributed by atoms with Crippen LogP contribution in [0, 0.1) is 0 Å². The summed E-state index contributed by atoms with van der Waals surface area (Å²) < 4.78 is 15.5. The van der Waals surface area contributed by atoms with Gasteiger partial charge in [-0.05, 0) is 17.7 Å². The van der Waals surface area contributed by atoms with E-state index in [2.05, 4.69) is 5.32 Å². The summed E-state index contributed by atoms with van der Waals surface area (Å²) in [7, 11) is 3.09. The van der Waals surface area contributed by atoms with Gasteiger partial charge in [-0.15, -0.1) is 0 Å². The Hall–Kier alpha value is -2.69. The number of amides is 1. The zero-order valence-electron chi connectivity index (χ0n) is 12.0. The lowest BCUT2D eigenvalue weighted by Gasteiger charge is -2.11. The molecule has 0 bridgehead atoms. The highest BCUT2D eigenvalue weighted by molar-refractivity contribution is 5.86. The van der Waals surface area contributed by atoms with E-state index in [1.165, 1.54) is 7.11 Å². The van der Waals surface area contributed by atoms with Gasteiger partial charge in [0, 0.05) is 6.07 Å². The quantitative estimate of drug-likeness (QED) is 0.915. The molecule has 0 aliphatic rings. The molecule has 1 amide bonds. The van der Waals surface area contributed by atoms with Crippen molar-refractivity contribution < 1.29 is 19.0 Å². The molecule has 110 valence electrons. The van der Waals surface area contributed by atoms with Crippen molar-refractivity contribution in [2.24, 2.45) is 0 Å². The van der Waals surface area contributed by atoms with Crippen LogP contribution in [-0.2, 0) is 11.3 Å². The van der Waals surface area contributed by atoms with Crippen LogP contribution in [0.15, 0.2) is 48.5 Å². The maximum absolute atomic E-state index is 11.8. The molecule has 0 unspecified atom stereocenters. The topological polar surface area (TPSA) is 56.8 Å². The number of ether oxygens (including phenoxy) is 3. The van der Waals surface area contributed by atoms with Crippen molar-refractivity contribution in [3.8, 4) is 11.5 Å². The van der Waals surface area contributed by atoms with Crippen molar-refractivity contribution in [2.45, 2.75) is 6.61 Å². The number of hydrogen-bond acceptors (Lipinski definition) is 4. The minimum atomic E-state index is -0.540. The molecule has 21 heavy (non-hydrogen) atoms. The number of methoxy groups -OCH3 is 2. The normalized spacial score (nSPS) is 9.81. The Labute approximate surface area is 123 Å². The van der Waals surface area contributed by atoms with E-state index < -0.39 is 6.09 Å². The molecule has 2 rings (SSSR count). The molecule has 0 atom stereocenters. The van der Waals surface area contributed by atoms with E-state index in [0.29, 0.717) is 17.2 Å². The van der Waals surface area contributed by atoms with Gasteiger partial charge in [-0.3, -0.25) is 5.32 Å². The molecule has 0 aliphatic heterocycles. The molecule has 0 saturated carbocycles. The van der Waals surface area contributed by atoms with Crippen molar-refractivity contribution in [1.29, 1.82) is 0 Å². The van der Waals surface area contributed by atoms with E-state index >= 15 is 0 Å². The molecule has 0 aliphatic carbocycles. The molecule has 0 spiro atoms. The lowest BCUT2D eigenvalue weighted by atomic mass is 10.2. The molecule has 0 heterocycles. The molecule has 0 aromatic heterocycles. The Balaban J connectivity index is 1.96. The second-order valence-corrected chi connectivity index (χ2v) is 4.25. The van der Waals surface area contributed by atoms with E-state index in [0.717, 1.165) is 5.56 Å². The summed E-state index contributed by atoms with van der Waals surface area (Å²) in [6.07, 6.45) is -0.540. The maximum atomic E-state index is 11.8. The number of carbonyl (C=O) groups is 1. The number of rotatable bonds is 5. The highest BCUT2D eigenvalue weighted by Gasteiger charge is 2.09. The van der Waals surface area contributed by atoms with Gasteiger partial charge >= 0.3 is 6.09 Å². The first-order chi connectivity index (χ1) is 10.2. The van der Waals surface area contributed by atoms with Gasteiger partial charge in [0.1, 0.15) is 18.1 Å². The van der Waals surface area contributed by atoms with Gasteiger partial charge in [0.25, 0.3) is 0 Å². The first-order valence-electron chi connectivity index (χ1n) is 6.42. The lowest BCUT2D eigenvalue weighted by Crippen LogP contribution is -2.14. The number of carbonyl (C=O) groups excluding carboxylic acids is 1. The van der Waals surface area contributed by atoms with Crippen LogP contribution in [0.5, 0.6) is 11.5 Å². The SMILES string of the molecule is COc1ccc(NC(=O)OCc2ccccc2)c(OC)c1. The van der Waals surface area contributed by atoms with E-state index in [1.807, 2.05) is 30.3 Å². The largest absolute Gasteiger partial charge is 0.497 e. The Morgan fingerprint density at radius 1 is 1.05 bits per heavy atom. The summed E-state index contributed by atoms with van der Waals surface area (Å²) in [5, 5.41) is 2.64. The highest BCUT2D eigenvalue weighted by Crippen LogP contribution is 2.29. The standard InChI is InChI=1S/C16H17NO4/c1-19-13-8-9-14(15(10-13)20-2)17-16(18)21-11-12-6-4-3-5-7-12/h3-10H,11H2,1-2H3,(H,17,18). The van der Waals surface area contributed by atoms with Crippen molar-refractivity contribution in [1.82, 2.24) is 0 Å². The van der Waals surface area contributed by atoms with Crippen molar-refractivity contribution in [3.05, 3.63) is 54.1 Å². The third-order valence-corrected chi connectivity index (χ3v) is 2.86. The van der Waals surface area contributed by atoms with Gasteiger partial charge in [0.05, 0.1) is 19.9 Å². The summed E-state index contributed by atoms with van der Waals surface area (Å²) >= 11 is 0. The average molecular weight is 287 g/mol. The summed E-state index contributed by atoms with van der Waals surface area (Å²) in [4.78, 5) is 11.8. The Morgan fingerprint density at radius 3 is 2.48 bits per heavy atom. The minimum Gasteiger partial charge on any atom is -0.497 e. The zero-order valence-corrected chi connectivity index (χ0v) is 12.0. The fourth-order valence-corrected chi connectivity index (χ4v) is 1.77. The van der Waals surface area contributed by atoms with Crippen molar-refractivity contribution in [2.75, 3.05) is 19.5 Å². The number of hydrogen-bond donors (Lipinski definition) is 1. The third kappa shape index (κ3) is 4.14. The molecular formula is C16H17NO4. The third-order valence-electron chi connectivity index (χ3n) is 2.86. The summed E-state index contributed by atoms with van der Waals surface area (Å²) in [5.41, 5.74) is 1.45. The zero-order chi connectivity index (χ0) is 15.1.